The second-order valence-electron chi connectivity index (χ2n) is 4.61. The van der Waals surface area contributed by atoms with Crippen LogP contribution in [0.5, 0.6) is 0 Å². The molecule has 0 atom stereocenters. The fourth-order valence-electron chi connectivity index (χ4n) is 1.89. The van der Waals surface area contributed by atoms with Crippen LogP contribution in [0.4, 0.5) is 0 Å². The van der Waals surface area contributed by atoms with Crippen molar-refractivity contribution in [1.82, 2.24) is 0 Å². The van der Waals surface area contributed by atoms with Crippen molar-refractivity contribution < 1.29 is 4.74 Å². The Morgan fingerprint density at radius 3 is 2.47 bits per heavy atom. The van der Waals surface area contributed by atoms with Gasteiger partial charge in [-0.2, -0.15) is 0 Å². The van der Waals surface area contributed by atoms with Gasteiger partial charge in [0.25, 0.3) is 0 Å². The summed E-state index contributed by atoms with van der Waals surface area (Å²) < 4.78 is 5.71. The van der Waals surface area contributed by atoms with Crippen LogP contribution in [0.15, 0.2) is 46.4 Å². The Balaban J connectivity index is 2.34. The molecule has 0 amide bonds. The van der Waals surface area contributed by atoms with Gasteiger partial charge in [0.05, 0.1) is 6.61 Å². The third kappa shape index (κ3) is 7.99. The zero-order valence-electron chi connectivity index (χ0n) is 12.2. The number of ether oxygens (including phenoxy) is 1. The van der Waals surface area contributed by atoms with E-state index in [0.717, 1.165) is 18.8 Å². The van der Waals surface area contributed by atoms with E-state index in [0.29, 0.717) is 0 Å². The van der Waals surface area contributed by atoms with Gasteiger partial charge in [0.1, 0.15) is 5.76 Å². The maximum Gasteiger partial charge on any atom is 0.103 e. The normalized spacial score (nSPS) is 11.6. The predicted octanol–water partition coefficient (Wildman–Crippen LogP) is 6.02. The minimum Gasteiger partial charge on any atom is -0.498 e. The van der Waals surface area contributed by atoms with E-state index < -0.39 is 0 Å². The Morgan fingerprint density at radius 2 is 1.79 bits per heavy atom. The summed E-state index contributed by atoms with van der Waals surface area (Å²) in [6.45, 7) is 5.07. The minimum absolute atomic E-state index is 0.760. The molecule has 0 fully saturated rings. The summed E-state index contributed by atoms with van der Waals surface area (Å²) in [7, 11) is 0. The third-order valence-corrected chi connectivity index (χ3v) is 3.85. The van der Waals surface area contributed by atoms with Crippen molar-refractivity contribution in [2.24, 2.45) is 0 Å². The first-order valence-electron chi connectivity index (χ1n) is 7.40. The highest BCUT2D eigenvalue weighted by atomic mass is 32.2. The highest BCUT2D eigenvalue weighted by Gasteiger charge is 1.99. The largest absolute Gasteiger partial charge is 0.498 e. The Kier molecular flexibility index (Phi) is 9.34. The summed E-state index contributed by atoms with van der Waals surface area (Å²) >= 11 is 1.75. The molecular weight excluding hydrogens is 252 g/mol. The molecule has 0 unspecified atom stereocenters. The van der Waals surface area contributed by atoms with Gasteiger partial charge in [-0.1, -0.05) is 62.6 Å². The molecule has 1 aromatic rings. The average molecular weight is 278 g/mol. The quantitative estimate of drug-likeness (QED) is 0.294. The van der Waals surface area contributed by atoms with Crippen LogP contribution in [0.3, 0.4) is 0 Å². The van der Waals surface area contributed by atoms with Gasteiger partial charge < -0.3 is 4.74 Å². The lowest BCUT2D eigenvalue weighted by Crippen LogP contribution is -1.92. The van der Waals surface area contributed by atoms with E-state index >= 15 is 0 Å². The molecule has 0 aliphatic heterocycles. The fourth-order valence-corrected chi connectivity index (χ4v) is 2.65. The molecule has 0 bridgehead atoms. The van der Waals surface area contributed by atoms with E-state index in [4.69, 9.17) is 4.74 Å². The molecule has 0 spiro atoms. The molecule has 0 aliphatic rings. The van der Waals surface area contributed by atoms with Gasteiger partial charge in [-0.05, 0) is 25.5 Å². The number of rotatable bonds is 10. The van der Waals surface area contributed by atoms with Crippen LogP contribution in [0, 0.1) is 0 Å². The lowest BCUT2D eigenvalue weighted by atomic mass is 10.1. The molecule has 0 saturated carbocycles. The van der Waals surface area contributed by atoms with Crippen LogP contribution in [-0.4, -0.2) is 6.61 Å². The molecule has 106 valence electrons. The molecule has 2 heteroatoms. The number of allylic oxidation sites excluding steroid dienone is 1. The number of hydrogen-bond acceptors (Lipinski definition) is 2. The second-order valence-corrected chi connectivity index (χ2v) is 5.56. The standard InChI is InChI=1S/C17H26OS/c1-3-5-6-7-9-12-16(18-4-2)15-19-17-13-10-8-11-14-17/h8,10-11,13-15H,3-7,9,12H2,1-2H3/b16-15-. The van der Waals surface area contributed by atoms with Crippen LogP contribution >= 0.6 is 11.8 Å². The Hall–Kier alpha value is -0.890. The van der Waals surface area contributed by atoms with Crippen LogP contribution in [0.2, 0.25) is 0 Å². The average Bonchev–Trinajstić information content (AvgIpc) is 2.45. The molecule has 0 radical (unpaired) electrons. The van der Waals surface area contributed by atoms with E-state index in [2.05, 4.69) is 43.5 Å². The molecule has 1 aromatic carbocycles. The highest BCUT2D eigenvalue weighted by Crippen LogP contribution is 2.23. The molecule has 0 N–H and O–H groups in total. The van der Waals surface area contributed by atoms with Crippen LogP contribution in [0.25, 0.3) is 0 Å². The molecule has 1 rings (SSSR count). The first-order valence-corrected chi connectivity index (χ1v) is 8.28. The van der Waals surface area contributed by atoms with Crippen molar-refractivity contribution in [3.8, 4) is 0 Å². The molecular formula is C17H26OS. The van der Waals surface area contributed by atoms with Crippen LogP contribution in [-0.2, 0) is 4.74 Å². The molecule has 0 saturated heterocycles. The molecule has 0 aliphatic carbocycles. The third-order valence-electron chi connectivity index (χ3n) is 2.93. The molecule has 1 nitrogen and oxygen atoms in total. The van der Waals surface area contributed by atoms with E-state index in [1.807, 2.05) is 6.07 Å². The van der Waals surface area contributed by atoms with Gasteiger partial charge >= 0.3 is 0 Å². The van der Waals surface area contributed by atoms with Gasteiger partial charge in [-0.25, -0.2) is 0 Å². The Bertz CT molecular complexity index is 346. The van der Waals surface area contributed by atoms with Gasteiger partial charge in [0, 0.05) is 16.7 Å². The van der Waals surface area contributed by atoms with Gasteiger partial charge in [0.15, 0.2) is 0 Å². The molecule has 0 heterocycles. The maximum atomic E-state index is 5.71. The first kappa shape index (κ1) is 16.2. The summed E-state index contributed by atoms with van der Waals surface area (Å²) in [4.78, 5) is 1.27. The van der Waals surface area contributed by atoms with E-state index in [9.17, 15) is 0 Å². The summed E-state index contributed by atoms with van der Waals surface area (Å²) in [5.41, 5.74) is 0. The molecule has 0 aromatic heterocycles. The monoisotopic (exact) mass is 278 g/mol. The Morgan fingerprint density at radius 1 is 1.05 bits per heavy atom. The summed E-state index contributed by atoms with van der Waals surface area (Å²) in [5.74, 6) is 1.13. The summed E-state index contributed by atoms with van der Waals surface area (Å²) in [6.07, 6.45) is 7.62. The van der Waals surface area contributed by atoms with Crippen molar-refractivity contribution in [2.75, 3.05) is 6.61 Å². The van der Waals surface area contributed by atoms with Crippen molar-refractivity contribution >= 4 is 11.8 Å². The smallest absolute Gasteiger partial charge is 0.103 e. The highest BCUT2D eigenvalue weighted by molar-refractivity contribution is 8.02. The Labute approximate surface area is 122 Å². The first-order chi connectivity index (χ1) is 9.36. The van der Waals surface area contributed by atoms with Crippen LogP contribution < -0.4 is 0 Å². The molecule has 19 heavy (non-hydrogen) atoms. The maximum absolute atomic E-state index is 5.71. The van der Waals surface area contributed by atoms with E-state index in [-0.39, 0.29) is 0 Å². The van der Waals surface area contributed by atoms with Crippen molar-refractivity contribution in [3.63, 3.8) is 0 Å². The van der Waals surface area contributed by atoms with Crippen molar-refractivity contribution in [3.05, 3.63) is 41.5 Å². The zero-order valence-corrected chi connectivity index (χ0v) is 13.0. The minimum atomic E-state index is 0.760. The number of unbranched alkanes of at least 4 members (excludes halogenated alkanes) is 4. The van der Waals surface area contributed by atoms with Crippen molar-refractivity contribution in [1.29, 1.82) is 0 Å². The number of thioether (sulfide) groups is 1. The lowest BCUT2D eigenvalue weighted by Gasteiger charge is -2.08. The topological polar surface area (TPSA) is 9.23 Å². The van der Waals surface area contributed by atoms with Gasteiger partial charge in [-0.3, -0.25) is 0 Å². The number of benzene rings is 1. The lowest BCUT2D eigenvalue weighted by molar-refractivity contribution is 0.217. The second kappa shape index (κ2) is 11.0. The number of hydrogen-bond donors (Lipinski definition) is 0. The van der Waals surface area contributed by atoms with E-state index in [1.165, 1.54) is 37.0 Å². The van der Waals surface area contributed by atoms with Gasteiger partial charge in [0.2, 0.25) is 0 Å². The zero-order chi connectivity index (χ0) is 13.8. The van der Waals surface area contributed by atoms with Gasteiger partial charge in [-0.15, -0.1) is 0 Å². The summed E-state index contributed by atoms with van der Waals surface area (Å²) in [6, 6.07) is 10.4. The van der Waals surface area contributed by atoms with Crippen LogP contribution in [0.1, 0.15) is 52.4 Å². The van der Waals surface area contributed by atoms with E-state index in [1.54, 1.807) is 11.8 Å². The fraction of sp³-hybridized carbons (Fsp3) is 0.529. The summed E-state index contributed by atoms with van der Waals surface area (Å²) in [5, 5.41) is 2.17. The SMILES string of the molecule is CCCCCCC/C(=C/Sc1ccccc1)OCC. The van der Waals surface area contributed by atoms with Crippen molar-refractivity contribution in [2.45, 2.75) is 57.3 Å². The predicted molar refractivity (Wildman–Crippen MR) is 85.4 cm³/mol.